The summed E-state index contributed by atoms with van der Waals surface area (Å²) in [7, 11) is 0. The zero-order chi connectivity index (χ0) is 16.2. The third-order valence-corrected chi connectivity index (χ3v) is 3.50. The van der Waals surface area contributed by atoms with E-state index in [2.05, 4.69) is 15.3 Å². The molecule has 0 spiro atoms. The van der Waals surface area contributed by atoms with Crippen LogP contribution >= 0.6 is 11.6 Å². The number of carbonyl (C=O) groups excluding carboxylic acids is 1. The summed E-state index contributed by atoms with van der Waals surface area (Å²) < 4.78 is 0. The van der Waals surface area contributed by atoms with Gasteiger partial charge in [-0.15, -0.1) is 0 Å². The average Bonchev–Trinajstić information content (AvgIpc) is 2.55. The molecule has 6 heteroatoms. The molecule has 1 heterocycles. The van der Waals surface area contributed by atoms with Gasteiger partial charge in [-0.3, -0.25) is 10.1 Å². The van der Waals surface area contributed by atoms with E-state index < -0.39 is 0 Å². The van der Waals surface area contributed by atoms with Crippen LogP contribution in [-0.2, 0) is 4.79 Å². The molecule has 3 N–H and O–H groups in total. The first-order valence-corrected chi connectivity index (χ1v) is 7.25. The third-order valence-electron chi connectivity index (χ3n) is 3.27. The summed E-state index contributed by atoms with van der Waals surface area (Å²) in [5, 5.41) is 3.71. The van der Waals surface area contributed by atoms with Gasteiger partial charge in [-0.2, -0.15) is 0 Å². The molecule has 2 aromatic carbocycles. The number of pyridine rings is 1. The lowest BCUT2D eigenvalue weighted by Crippen LogP contribution is -2.29. The van der Waals surface area contributed by atoms with Crippen LogP contribution in [0.2, 0.25) is 5.02 Å². The standard InChI is InChI=1S/C17H13ClN4O/c18-12-6-7-13-15(8-12)21-14(11-4-2-1-3-5-11)9-16(13)22-17(19)20-10-23/h1-10H,(H3,19,20,21,22,23). The number of halogens is 1. The molecule has 0 radical (unpaired) electrons. The van der Waals surface area contributed by atoms with E-state index in [0.717, 1.165) is 16.6 Å². The summed E-state index contributed by atoms with van der Waals surface area (Å²) in [5.74, 6) is 0.0152. The van der Waals surface area contributed by atoms with Crippen molar-refractivity contribution >= 4 is 40.6 Å². The summed E-state index contributed by atoms with van der Waals surface area (Å²) in [6.45, 7) is 0. The van der Waals surface area contributed by atoms with Gasteiger partial charge in [0, 0.05) is 16.0 Å². The van der Waals surface area contributed by atoms with Gasteiger partial charge in [0.05, 0.1) is 16.9 Å². The van der Waals surface area contributed by atoms with Crippen LogP contribution in [-0.4, -0.2) is 17.4 Å². The molecule has 0 saturated heterocycles. The Balaban J connectivity index is 2.24. The molecule has 3 rings (SSSR count). The summed E-state index contributed by atoms with van der Waals surface area (Å²) >= 11 is 6.07. The van der Waals surface area contributed by atoms with Crippen molar-refractivity contribution in [2.45, 2.75) is 0 Å². The second-order valence-electron chi connectivity index (χ2n) is 4.81. The molecule has 0 aliphatic heterocycles. The molecular formula is C17H13ClN4O. The number of hydrogen-bond acceptors (Lipinski definition) is 3. The van der Waals surface area contributed by atoms with Crippen LogP contribution in [0, 0.1) is 0 Å². The van der Waals surface area contributed by atoms with E-state index in [1.54, 1.807) is 12.1 Å². The molecule has 23 heavy (non-hydrogen) atoms. The number of aromatic nitrogens is 1. The molecule has 1 amide bonds. The van der Waals surface area contributed by atoms with E-state index in [1.165, 1.54) is 0 Å². The lowest BCUT2D eigenvalue weighted by Gasteiger charge is -2.08. The minimum atomic E-state index is 0.0152. The van der Waals surface area contributed by atoms with Gasteiger partial charge < -0.3 is 5.73 Å². The lowest BCUT2D eigenvalue weighted by atomic mass is 10.1. The number of nitrogens with two attached hydrogens (primary N) is 1. The number of carbonyl (C=O) groups is 1. The fourth-order valence-electron chi connectivity index (χ4n) is 2.25. The maximum absolute atomic E-state index is 10.5. The van der Waals surface area contributed by atoms with E-state index in [4.69, 9.17) is 17.3 Å². The molecule has 5 nitrogen and oxygen atoms in total. The first kappa shape index (κ1) is 15.0. The Morgan fingerprint density at radius 2 is 1.96 bits per heavy atom. The van der Waals surface area contributed by atoms with Crippen LogP contribution in [0.5, 0.6) is 0 Å². The van der Waals surface area contributed by atoms with Crippen molar-refractivity contribution in [1.29, 1.82) is 0 Å². The van der Waals surface area contributed by atoms with Gasteiger partial charge in [0.15, 0.2) is 5.96 Å². The van der Waals surface area contributed by atoms with Crippen LogP contribution in [0.25, 0.3) is 22.2 Å². The zero-order valence-electron chi connectivity index (χ0n) is 12.0. The molecule has 0 unspecified atom stereocenters. The molecule has 3 aromatic rings. The topological polar surface area (TPSA) is 80.4 Å². The van der Waals surface area contributed by atoms with E-state index in [-0.39, 0.29) is 5.96 Å². The number of benzene rings is 2. The highest BCUT2D eigenvalue weighted by atomic mass is 35.5. The Morgan fingerprint density at radius 1 is 1.17 bits per heavy atom. The summed E-state index contributed by atoms with van der Waals surface area (Å²) in [4.78, 5) is 19.4. The Kier molecular flexibility index (Phi) is 4.21. The maximum atomic E-state index is 10.5. The predicted molar refractivity (Wildman–Crippen MR) is 92.7 cm³/mol. The molecule has 0 aliphatic carbocycles. The molecule has 0 fully saturated rings. The smallest absolute Gasteiger partial charge is 0.213 e. The second-order valence-corrected chi connectivity index (χ2v) is 5.25. The number of aliphatic imine (C=N–C) groups is 1. The quantitative estimate of drug-likeness (QED) is 0.441. The van der Waals surface area contributed by atoms with Gasteiger partial charge in [-0.05, 0) is 24.3 Å². The first-order chi connectivity index (χ1) is 11.2. The van der Waals surface area contributed by atoms with Gasteiger partial charge >= 0.3 is 0 Å². The number of fused-ring (bicyclic) bond motifs is 1. The van der Waals surface area contributed by atoms with E-state index in [0.29, 0.717) is 22.6 Å². The van der Waals surface area contributed by atoms with Crippen molar-refractivity contribution in [3.8, 4) is 11.3 Å². The minimum Gasteiger partial charge on any atom is -0.369 e. The normalized spacial score (nSPS) is 11.4. The highest BCUT2D eigenvalue weighted by Gasteiger charge is 2.08. The van der Waals surface area contributed by atoms with Crippen LogP contribution in [0.4, 0.5) is 5.69 Å². The Hall–Kier alpha value is -2.92. The predicted octanol–water partition coefficient (Wildman–Crippen LogP) is 3.25. The first-order valence-electron chi connectivity index (χ1n) is 6.87. The van der Waals surface area contributed by atoms with Crippen molar-refractivity contribution in [2.24, 2.45) is 10.7 Å². The van der Waals surface area contributed by atoms with E-state index >= 15 is 0 Å². The molecule has 0 bridgehead atoms. The summed E-state index contributed by atoms with van der Waals surface area (Å²) in [6.07, 6.45) is 0.483. The molecular weight excluding hydrogens is 312 g/mol. The van der Waals surface area contributed by atoms with Crippen LogP contribution in [0.1, 0.15) is 0 Å². The Bertz CT molecular complexity index is 894. The highest BCUT2D eigenvalue weighted by molar-refractivity contribution is 6.31. The van der Waals surface area contributed by atoms with Crippen molar-refractivity contribution in [3.63, 3.8) is 0 Å². The van der Waals surface area contributed by atoms with Gasteiger partial charge in [0.2, 0.25) is 6.41 Å². The third kappa shape index (κ3) is 3.30. The number of rotatable bonds is 3. The summed E-state index contributed by atoms with van der Waals surface area (Å²) in [5.41, 5.74) is 8.70. The number of nitrogens with zero attached hydrogens (tertiary/aromatic N) is 2. The van der Waals surface area contributed by atoms with Crippen LogP contribution in [0.15, 0.2) is 59.6 Å². The molecule has 0 aliphatic rings. The monoisotopic (exact) mass is 324 g/mol. The van der Waals surface area contributed by atoms with Crippen molar-refractivity contribution in [1.82, 2.24) is 10.3 Å². The van der Waals surface area contributed by atoms with Crippen molar-refractivity contribution in [3.05, 3.63) is 59.6 Å². The van der Waals surface area contributed by atoms with Gasteiger partial charge in [0.25, 0.3) is 0 Å². The largest absolute Gasteiger partial charge is 0.369 e. The second kappa shape index (κ2) is 6.46. The van der Waals surface area contributed by atoms with Gasteiger partial charge in [-0.25, -0.2) is 9.98 Å². The maximum Gasteiger partial charge on any atom is 0.213 e. The lowest BCUT2D eigenvalue weighted by molar-refractivity contribution is -0.108. The fraction of sp³-hybridized carbons (Fsp3) is 0. The molecule has 0 atom stereocenters. The number of guanidine groups is 1. The Labute approximate surface area is 137 Å². The van der Waals surface area contributed by atoms with Gasteiger partial charge in [0.1, 0.15) is 0 Å². The van der Waals surface area contributed by atoms with Crippen LogP contribution < -0.4 is 11.1 Å². The Morgan fingerprint density at radius 3 is 2.70 bits per heavy atom. The molecule has 0 saturated carbocycles. The average molecular weight is 325 g/mol. The number of hydrogen-bond donors (Lipinski definition) is 2. The molecule has 1 aromatic heterocycles. The molecule has 114 valence electrons. The van der Waals surface area contributed by atoms with Crippen molar-refractivity contribution in [2.75, 3.05) is 0 Å². The zero-order valence-corrected chi connectivity index (χ0v) is 12.8. The SMILES string of the molecule is NC(=Nc1cc(-c2ccccc2)nc2cc(Cl)ccc12)NC=O. The minimum absolute atomic E-state index is 0.0152. The van der Waals surface area contributed by atoms with Gasteiger partial charge in [-0.1, -0.05) is 41.9 Å². The number of nitrogens with one attached hydrogen (secondary N) is 1. The number of amides is 1. The van der Waals surface area contributed by atoms with Crippen molar-refractivity contribution < 1.29 is 4.79 Å². The van der Waals surface area contributed by atoms with E-state index in [9.17, 15) is 4.79 Å². The highest BCUT2D eigenvalue weighted by Crippen LogP contribution is 2.31. The van der Waals surface area contributed by atoms with E-state index in [1.807, 2.05) is 42.5 Å². The van der Waals surface area contributed by atoms with Crippen LogP contribution in [0.3, 0.4) is 0 Å². The summed E-state index contributed by atoms with van der Waals surface area (Å²) in [6, 6.07) is 16.9. The fourth-order valence-corrected chi connectivity index (χ4v) is 2.42.